The van der Waals surface area contributed by atoms with Gasteiger partial charge in [0.1, 0.15) is 0 Å². The Morgan fingerprint density at radius 2 is 2.00 bits per heavy atom. The summed E-state index contributed by atoms with van der Waals surface area (Å²) in [5.41, 5.74) is 1.12. The molecule has 0 bridgehead atoms. The predicted octanol–water partition coefficient (Wildman–Crippen LogP) is 2.99. The molecular weight excluding hydrogens is 328 g/mol. The second-order valence-electron chi connectivity index (χ2n) is 6.84. The normalized spacial score (nSPS) is 22.6. The van der Waals surface area contributed by atoms with Gasteiger partial charge in [-0.3, -0.25) is 4.79 Å². The lowest BCUT2D eigenvalue weighted by atomic mass is 9.81. The summed E-state index contributed by atoms with van der Waals surface area (Å²) in [7, 11) is 0. The molecule has 1 aliphatic heterocycles. The van der Waals surface area contributed by atoms with Crippen LogP contribution in [0.15, 0.2) is 28.7 Å². The van der Waals surface area contributed by atoms with Crippen molar-refractivity contribution in [2.45, 2.75) is 38.0 Å². The number of carbonyl (C=O) groups excluding carboxylic acids is 1. The van der Waals surface area contributed by atoms with Gasteiger partial charge in [0.25, 0.3) is 0 Å². The molecule has 21 heavy (non-hydrogen) atoms. The predicted molar refractivity (Wildman–Crippen MR) is 88.3 cm³/mol. The molecule has 2 N–H and O–H groups in total. The Kier molecular flexibility index (Phi) is 4.10. The number of rotatable bonds is 4. The van der Waals surface area contributed by atoms with Crippen molar-refractivity contribution in [2.24, 2.45) is 5.41 Å². The van der Waals surface area contributed by atoms with Gasteiger partial charge in [0.15, 0.2) is 0 Å². The molecule has 0 atom stereocenters. The van der Waals surface area contributed by atoms with Crippen molar-refractivity contribution in [1.82, 2.24) is 10.6 Å². The topological polar surface area (TPSA) is 41.1 Å². The number of amides is 1. The van der Waals surface area contributed by atoms with E-state index in [1.807, 2.05) is 12.1 Å². The molecule has 0 radical (unpaired) electrons. The minimum Gasteiger partial charge on any atom is -0.355 e. The van der Waals surface area contributed by atoms with Crippen LogP contribution in [0.2, 0.25) is 0 Å². The van der Waals surface area contributed by atoms with Crippen molar-refractivity contribution in [3.63, 3.8) is 0 Å². The first-order valence-corrected chi connectivity index (χ1v) is 8.59. The van der Waals surface area contributed by atoms with Crippen LogP contribution < -0.4 is 10.6 Å². The number of carbonyl (C=O) groups is 1. The van der Waals surface area contributed by atoms with Crippen LogP contribution in [0.4, 0.5) is 0 Å². The lowest BCUT2D eigenvalue weighted by molar-refractivity contribution is -0.124. The van der Waals surface area contributed by atoms with Crippen molar-refractivity contribution in [3.8, 4) is 0 Å². The van der Waals surface area contributed by atoms with Gasteiger partial charge < -0.3 is 10.6 Å². The van der Waals surface area contributed by atoms with Crippen LogP contribution in [0.1, 0.15) is 38.2 Å². The summed E-state index contributed by atoms with van der Waals surface area (Å²) in [6.07, 6.45) is 4.20. The maximum absolute atomic E-state index is 12.7. The van der Waals surface area contributed by atoms with E-state index in [0.717, 1.165) is 55.4 Å². The Morgan fingerprint density at radius 1 is 1.29 bits per heavy atom. The van der Waals surface area contributed by atoms with Gasteiger partial charge in [0.05, 0.1) is 5.41 Å². The van der Waals surface area contributed by atoms with E-state index in [9.17, 15) is 4.79 Å². The van der Waals surface area contributed by atoms with Gasteiger partial charge in [0.2, 0.25) is 5.91 Å². The molecule has 4 heteroatoms. The summed E-state index contributed by atoms with van der Waals surface area (Å²) in [6.45, 7) is 5.20. The highest BCUT2D eigenvalue weighted by Gasteiger charge is 2.51. The minimum atomic E-state index is -0.271. The quantitative estimate of drug-likeness (QED) is 0.876. The molecular formula is C17H23BrN2O. The van der Waals surface area contributed by atoms with Crippen LogP contribution in [0.5, 0.6) is 0 Å². The molecule has 0 aromatic heterocycles. The van der Waals surface area contributed by atoms with Gasteiger partial charge in [-0.25, -0.2) is 0 Å². The minimum absolute atomic E-state index is 0.209. The molecule has 1 saturated heterocycles. The van der Waals surface area contributed by atoms with Crippen LogP contribution in [0, 0.1) is 5.41 Å². The van der Waals surface area contributed by atoms with Gasteiger partial charge in [-0.15, -0.1) is 0 Å². The van der Waals surface area contributed by atoms with Gasteiger partial charge in [-0.2, -0.15) is 0 Å². The van der Waals surface area contributed by atoms with E-state index < -0.39 is 0 Å². The van der Waals surface area contributed by atoms with E-state index in [4.69, 9.17) is 0 Å². The van der Waals surface area contributed by atoms with Gasteiger partial charge in [-0.1, -0.05) is 35.0 Å². The van der Waals surface area contributed by atoms with Crippen LogP contribution >= 0.6 is 15.9 Å². The van der Waals surface area contributed by atoms with Gasteiger partial charge in [0, 0.05) is 11.0 Å². The zero-order valence-corrected chi connectivity index (χ0v) is 14.1. The maximum atomic E-state index is 12.7. The molecule has 1 aromatic carbocycles. The third-order valence-corrected chi connectivity index (χ3v) is 5.54. The van der Waals surface area contributed by atoms with Crippen molar-refractivity contribution < 1.29 is 4.79 Å². The Labute approximate surface area is 135 Å². The zero-order chi connectivity index (χ0) is 14.9. The van der Waals surface area contributed by atoms with E-state index in [0.29, 0.717) is 0 Å². The second-order valence-corrected chi connectivity index (χ2v) is 7.75. The molecule has 1 heterocycles. The number of hydrogen-bond donors (Lipinski definition) is 2. The zero-order valence-electron chi connectivity index (χ0n) is 12.5. The SMILES string of the molecule is CC1(CNC(=O)C2(c3cccc(Br)c3)CC2)CCNCC1. The van der Waals surface area contributed by atoms with E-state index >= 15 is 0 Å². The van der Waals surface area contributed by atoms with Crippen LogP contribution in [-0.4, -0.2) is 25.5 Å². The second kappa shape index (κ2) is 5.73. The molecule has 114 valence electrons. The molecule has 1 saturated carbocycles. The molecule has 1 amide bonds. The average molecular weight is 351 g/mol. The summed E-state index contributed by atoms with van der Waals surface area (Å²) >= 11 is 3.50. The molecule has 1 aromatic rings. The molecule has 3 nitrogen and oxygen atoms in total. The highest BCUT2D eigenvalue weighted by atomic mass is 79.9. The number of piperidine rings is 1. The first-order chi connectivity index (χ1) is 10.0. The standard InChI is InChI=1S/C17H23BrN2O/c1-16(7-9-19-10-8-16)12-20-15(21)17(5-6-17)13-3-2-4-14(18)11-13/h2-4,11,19H,5-10,12H2,1H3,(H,20,21). The fraction of sp³-hybridized carbons (Fsp3) is 0.588. The molecule has 3 rings (SSSR count). The summed E-state index contributed by atoms with van der Waals surface area (Å²) in [4.78, 5) is 12.7. The highest BCUT2D eigenvalue weighted by molar-refractivity contribution is 9.10. The number of halogens is 1. The van der Waals surface area contributed by atoms with Gasteiger partial charge in [-0.05, 0) is 61.9 Å². The number of nitrogens with one attached hydrogen (secondary N) is 2. The highest BCUT2D eigenvalue weighted by Crippen LogP contribution is 2.49. The molecule has 0 spiro atoms. The maximum Gasteiger partial charge on any atom is 0.230 e. The first-order valence-electron chi connectivity index (χ1n) is 7.79. The Morgan fingerprint density at radius 3 is 2.62 bits per heavy atom. The van der Waals surface area contributed by atoms with E-state index in [1.165, 1.54) is 0 Å². The number of hydrogen-bond acceptors (Lipinski definition) is 2. The monoisotopic (exact) mass is 350 g/mol. The van der Waals surface area contributed by atoms with Crippen LogP contribution in [-0.2, 0) is 10.2 Å². The molecule has 0 unspecified atom stereocenters. The Bertz CT molecular complexity index is 533. The van der Waals surface area contributed by atoms with E-state index in [1.54, 1.807) is 0 Å². The van der Waals surface area contributed by atoms with Crippen molar-refractivity contribution in [1.29, 1.82) is 0 Å². The summed E-state index contributed by atoms with van der Waals surface area (Å²) in [5.74, 6) is 0.209. The third kappa shape index (κ3) is 3.16. The third-order valence-electron chi connectivity index (χ3n) is 5.05. The van der Waals surface area contributed by atoms with E-state index in [-0.39, 0.29) is 16.7 Å². The lowest BCUT2D eigenvalue weighted by Gasteiger charge is -2.34. The molecule has 2 aliphatic rings. The Balaban J connectivity index is 1.65. The fourth-order valence-electron chi connectivity index (χ4n) is 3.23. The fourth-order valence-corrected chi connectivity index (χ4v) is 3.63. The van der Waals surface area contributed by atoms with Crippen molar-refractivity contribution in [2.75, 3.05) is 19.6 Å². The molecule has 2 fully saturated rings. The smallest absolute Gasteiger partial charge is 0.230 e. The van der Waals surface area contributed by atoms with Gasteiger partial charge >= 0.3 is 0 Å². The summed E-state index contributed by atoms with van der Waals surface area (Å²) in [6, 6.07) is 8.18. The van der Waals surface area contributed by atoms with Crippen LogP contribution in [0.25, 0.3) is 0 Å². The molecule has 1 aliphatic carbocycles. The largest absolute Gasteiger partial charge is 0.355 e. The lowest BCUT2D eigenvalue weighted by Crippen LogP contribution is -2.45. The Hall–Kier alpha value is -0.870. The summed E-state index contributed by atoms with van der Waals surface area (Å²) < 4.78 is 1.05. The summed E-state index contributed by atoms with van der Waals surface area (Å²) in [5, 5.41) is 6.62. The first kappa shape index (κ1) is 15.0. The van der Waals surface area contributed by atoms with Crippen molar-refractivity contribution >= 4 is 21.8 Å². The van der Waals surface area contributed by atoms with Crippen LogP contribution in [0.3, 0.4) is 0 Å². The van der Waals surface area contributed by atoms with E-state index in [2.05, 4.69) is 45.6 Å². The van der Waals surface area contributed by atoms with Crippen molar-refractivity contribution in [3.05, 3.63) is 34.3 Å². The number of benzene rings is 1. The average Bonchev–Trinajstić information content (AvgIpc) is 3.27.